The van der Waals surface area contributed by atoms with Gasteiger partial charge in [-0.15, -0.1) is 12.4 Å². The van der Waals surface area contributed by atoms with E-state index < -0.39 is 46.1 Å². The molecule has 0 unspecified atom stereocenters. The molecule has 0 aliphatic heterocycles. The lowest BCUT2D eigenvalue weighted by Crippen LogP contribution is -2.29. The zero-order valence-corrected chi connectivity index (χ0v) is 19.5. The van der Waals surface area contributed by atoms with Crippen molar-refractivity contribution in [2.24, 2.45) is 10.8 Å². The van der Waals surface area contributed by atoms with Gasteiger partial charge in [0, 0.05) is 12.6 Å². The first-order valence-electron chi connectivity index (χ1n) is 9.62. The molecule has 0 aromatic heterocycles. The fraction of sp³-hybridized carbons (Fsp3) is 0.619. The molecule has 0 fully saturated rings. The van der Waals surface area contributed by atoms with Gasteiger partial charge in [0.05, 0.1) is 22.5 Å². The highest BCUT2D eigenvalue weighted by Crippen LogP contribution is 2.47. The number of nitrogens with one attached hydrogen (secondary N) is 1. The van der Waals surface area contributed by atoms with Crippen LogP contribution >= 0.6 is 12.4 Å². The van der Waals surface area contributed by atoms with Crippen LogP contribution in [-0.4, -0.2) is 40.3 Å². The minimum atomic E-state index is -1.28. The lowest BCUT2D eigenvalue weighted by Gasteiger charge is -2.24. The lowest BCUT2D eigenvalue weighted by molar-refractivity contribution is -0.143. The van der Waals surface area contributed by atoms with Gasteiger partial charge in [-0.05, 0) is 54.5 Å². The van der Waals surface area contributed by atoms with E-state index in [0.29, 0.717) is 6.54 Å². The Morgan fingerprint density at radius 2 is 1.53 bits per heavy atom. The largest absolute Gasteiger partial charge is 0.504 e. The number of aliphatic hydroxyl groups is 1. The van der Waals surface area contributed by atoms with Crippen molar-refractivity contribution in [3.05, 3.63) is 11.6 Å². The predicted molar refractivity (Wildman–Crippen MR) is 115 cm³/mol. The zero-order valence-electron chi connectivity index (χ0n) is 18.7. The molecular formula is C21H34ClNO7. The molecule has 0 spiro atoms. The quantitative estimate of drug-likeness (QED) is 0.217. The molecule has 1 aromatic carbocycles. The summed E-state index contributed by atoms with van der Waals surface area (Å²) in [5.41, 5.74) is -1.87. The summed E-state index contributed by atoms with van der Waals surface area (Å²) in [5, 5.41) is 34.2. The van der Waals surface area contributed by atoms with Crippen LogP contribution in [0.4, 0.5) is 0 Å². The highest BCUT2D eigenvalue weighted by atomic mass is 35.5. The SMILES string of the molecule is CCCNC[C@@H](O)c1c(OC(=O)C(C)(C)C)cc(O)c(O)c1OC(=O)C(C)(C)C.Cl. The molecule has 0 heterocycles. The highest BCUT2D eigenvalue weighted by molar-refractivity contribution is 5.85. The van der Waals surface area contributed by atoms with Crippen molar-refractivity contribution in [2.45, 2.75) is 61.0 Å². The number of benzene rings is 1. The normalized spacial score (nSPS) is 12.7. The van der Waals surface area contributed by atoms with Crippen LogP contribution < -0.4 is 14.8 Å². The highest BCUT2D eigenvalue weighted by Gasteiger charge is 2.33. The van der Waals surface area contributed by atoms with Gasteiger partial charge in [-0.2, -0.15) is 0 Å². The van der Waals surface area contributed by atoms with Crippen molar-refractivity contribution in [1.82, 2.24) is 5.32 Å². The summed E-state index contributed by atoms with van der Waals surface area (Å²) < 4.78 is 10.7. The summed E-state index contributed by atoms with van der Waals surface area (Å²) in [6.45, 7) is 12.4. The number of hydrogen-bond acceptors (Lipinski definition) is 8. The summed E-state index contributed by atoms with van der Waals surface area (Å²) in [4.78, 5) is 24.8. The summed E-state index contributed by atoms with van der Waals surface area (Å²) in [6.07, 6.45) is -0.454. The smallest absolute Gasteiger partial charge is 0.316 e. The van der Waals surface area contributed by atoms with Crippen LogP contribution in [0, 0.1) is 10.8 Å². The molecule has 0 radical (unpaired) electrons. The van der Waals surface area contributed by atoms with Crippen molar-refractivity contribution in [3.63, 3.8) is 0 Å². The monoisotopic (exact) mass is 447 g/mol. The van der Waals surface area contributed by atoms with E-state index >= 15 is 0 Å². The molecule has 1 atom stereocenters. The number of phenolic OH excluding ortho intramolecular Hbond substituents is 2. The minimum absolute atomic E-state index is 0. The Hall–Kier alpha value is -2.03. The Labute approximate surface area is 184 Å². The first kappa shape index (κ1) is 28.0. The molecule has 0 saturated carbocycles. The summed E-state index contributed by atoms with van der Waals surface area (Å²) >= 11 is 0. The molecular weight excluding hydrogens is 414 g/mol. The Balaban J connectivity index is 0.00000841. The van der Waals surface area contributed by atoms with Gasteiger partial charge in [0.25, 0.3) is 0 Å². The number of esters is 2. The van der Waals surface area contributed by atoms with Gasteiger partial charge in [0.2, 0.25) is 5.75 Å². The lowest BCUT2D eigenvalue weighted by atomic mass is 9.96. The standard InChI is InChI=1S/C21H33NO7.ClH/c1-8-9-22-11-13(24)15-14(28-18(26)20(2,3)4)10-12(23)16(25)17(15)29-19(27)21(5,6)7;/h10,13,22-25H,8-9,11H2,1-7H3;1H/t13-;/m1./s1. The van der Waals surface area contributed by atoms with Gasteiger partial charge in [0.1, 0.15) is 5.75 Å². The van der Waals surface area contributed by atoms with E-state index in [2.05, 4.69) is 5.32 Å². The van der Waals surface area contributed by atoms with Crippen molar-refractivity contribution in [2.75, 3.05) is 13.1 Å². The third kappa shape index (κ3) is 7.34. The van der Waals surface area contributed by atoms with Gasteiger partial charge in [-0.3, -0.25) is 9.59 Å². The fourth-order valence-electron chi connectivity index (χ4n) is 2.15. The van der Waals surface area contributed by atoms with Gasteiger partial charge in [-0.1, -0.05) is 6.92 Å². The van der Waals surface area contributed by atoms with Gasteiger partial charge in [0.15, 0.2) is 11.5 Å². The van der Waals surface area contributed by atoms with E-state index in [1.807, 2.05) is 6.92 Å². The third-order valence-electron chi connectivity index (χ3n) is 3.96. The van der Waals surface area contributed by atoms with E-state index in [1.54, 1.807) is 41.5 Å². The molecule has 1 aromatic rings. The van der Waals surface area contributed by atoms with E-state index in [4.69, 9.17) is 9.47 Å². The Kier molecular flexibility index (Phi) is 10.1. The second kappa shape index (κ2) is 10.8. The van der Waals surface area contributed by atoms with Crippen LogP contribution in [0.15, 0.2) is 6.07 Å². The number of ether oxygens (including phenoxy) is 2. The molecule has 0 aliphatic carbocycles. The predicted octanol–water partition coefficient (Wildman–Crippen LogP) is 3.46. The third-order valence-corrected chi connectivity index (χ3v) is 3.96. The maximum atomic E-state index is 12.4. The maximum absolute atomic E-state index is 12.4. The van der Waals surface area contributed by atoms with E-state index in [9.17, 15) is 24.9 Å². The number of carbonyl (C=O) groups excluding carboxylic acids is 2. The number of hydrogen-bond donors (Lipinski definition) is 4. The first-order valence-corrected chi connectivity index (χ1v) is 9.62. The molecule has 9 heteroatoms. The number of halogens is 1. The molecule has 8 nitrogen and oxygen atoms in total. The zero-order chi connectivity index (χ0) is 22.6. The topological polar surface area (TPSA) is 125 Å². The summed E-state index contributed by atoms with van der Waals surface area (Å²) in [5.74, 6) is -3.30. The Morgan fingerprint density at radius 1 is 1.03 bits per heavy atom. The van der Waals surface area contributed by atoms with E-state index in [0.717, 1.165) is 12.5 Å². The van der Waals surface area contributed by atoms with E-state index in [1.165, 1.54) is 0 Å². The maximum Gasteiger partial charge on any atom is 0.316 e. The second-order valence-corrected chi connectivity index (χ2v) is 8.98. The number of carbonyl (C=O) groups is 2. The molecule has 0 bridgehead atoms. The van der Waals surface area contributed by atoms with Crippen molar-refractivity contribution in [3.8, 4) is 23.0 Å². The number of aliphatic hydroxyl groups excluding tert-OH is 1. The van der Waals surface area contributed by atoms with Crippen LogP contribution in [0.2, 0.25) is 0 Å². The van der Waals surface area contributed by atoms with Gasteiger partial charge >= 0.3 is 11.9 Å². The van der Waals surface area contributed by atoms with Crippen LogP contribution in [0.3, 0.4) is 0 Å². The Morgan fingerprint density at radius 3 is 2.00 bits per heavy atom. The first-order chi connectivity index (χ1) is 13.2. The molecule has 4 N–H and O–H groups in total. The Bertz CT molecular complexity index is 751. The van der Waals surface area contributed by atoms with Crippen molar-refractivity contribution in [1.29, 1.82) is 0 Å². The molecule has 1 rings (SSSR count). The van der Waals surface area contributed by atoms with Crippen LogP contribution in [0.5, 0.6) is 23.0 Å². The second-order valence-electron chi connectivity index (χ2n) is 8.98. The van der Waals surface area contributed by atoms with Crippen LogP contribution in [-0.2, 0) is 9.59 Å². The summed E-state index contributed by atoms with van der Waals surface area (Å²) in [6, 6.07) is 1.02. The fourth-order valence-corrected chi connectivity index (χ4v) is 2.15. The average molecular weight is 448 g/mol. The molecule has 30 heavy (non-hydrogen) atoms. The molecule has 0 amide bonds. The molecule has 0 saturated heterocycles. The van der Waals surface area contributed by atoms with Gasteiger partial charge in [-0.25, -0.2) is 0 Å². The van der Waals surface area contributed by atoms with Gasteiger partial charge < -0.3 is 30.1 Å². The summed E-state index contributed by atoms with van der Waals surface area (Å²) in [7, 11) is 0. The van der Waals surface area contributed by atoms with E-state index in [-0.39, 0.29) is 30.3 Å². The average Bonchev–Trinajstić information content (AvgIpc) is 2.57. The molecule has 172 valence electrons. The van der Waals surface area contributed by atoms with Crippen LogP contribution in [0.25, 0.3) is 0 Å². The van der Waals surface area contributed by atoms with Crippen LogP contribution in [0.1, 0.15) is 66.6 Å². The number of aromatic hydroxyl groups is 2. The molecule has 0 aliphatic rings. The van der Waals surface area contributed by atoms with Crippen molar-refractivity contribution < 1.29 is 34.4 Å². The number of phenols is 2. The number of rotatable bonds is 7. The van der Waals surface area contributed by atoms with Crippen molar-refractivity contribution >= 4 is 24.3 Å². The minimum Gasteiger partial charge on any atom is -0.504 e.